The molecular weight excluding hydrogens is 228 g/mol. The lowest BCUT2D eigenvalue weighted by molar-refractivity contribution is 0.200. The van der Waals surface area contributed by atoms with Crippen molar-refractivity contribution in [3.63, 3.8) is 0 Å². The van der Waals surface area contributed by atoms with Crippen molar-refractivity contribution >= 4 is 22.9 Å². The molecule has 1 aliphatic rings. The molecule has 0 radical (unpaired) electrons. The molecule has 1 fully saturated rings. The molecule has 0 aromatic carbocycles. The number of halogens is 1. The highest BCUT2D eigenvalue weighted by atomic mass is 35.5. The predicted molar refractivity (Wildman–Crippen MR) is 65.4 cm³/mol. The zero-order valence-corrected chi connectivity index (χ0v) is 10.8. The molecule has 0 amide bonds. The van der Waals surface area contributed by atoms with E-state index >= 15 is 0 Å². The Labute approximate surface area is 100 Å². The Hall–Kier alpha value is -0.120. The van der Waals surface area contributed by atoms with Gasteiger partial charge < -0.3 is 0 Å². The molecule has 0 aliphatic carbocycles. The van der Waals surface area contributed by atoms with Crippen molar-refractivity contribution in [2.45, 2.75) is 39.3 Å². The van der Waals surface area contributed by atoms with E-state index in [1.165, 1.54) is 24.3 Å². The van der Waals surface area contributed by atoms with Crippen molar-refractivity contribution < 1.29 is 0 Å². The molecule has 2 rings (SSSR count). The maximum Gasteiger partial charge on any atom is 0.183 e. The molecule has 1 saturated heterocycles. The zero-order valence-electron chi connectivity index (χ0n) is 9.24. The van der Waals surface area contributed by atoms with E-state index in [9.17, 15) is 0 Å². The molecule has 2 heterocycles. The Kier molecular flexibility index (Phi) is 3.65. The fourth-order valence-corrected chi connectivity index (χ4v) is 3.36. The van der Waals surface area contributed by atoms with Crippen LogP contribution in [0.5, 0.6) is 0 Å². The van der Waals surface area contributed by atoms with Crippen LogP contribution in [0.15, 0.2) is 6.20 Å². The predicted octanol–water partition coefficient (Wildman–Crippen LogP) is 3.42. The van der Waals surface area contributed by atoms with E-state index in [0.29, 0.717) is 4.47 Å². The summed E-state index contributed by atoms with van der Waals surface area (Å²) in [5.41, 5.74) is 0. The molecule has 84 valence electrons. The first-order valence-corrected chi connectivity index (χ1v) is 6.70. The van der Waals surface area contributed by atoms with Crippen LogP contribution in [0.2, 0.25) is 4.47 Å². The molecule has 0 saturated carbocycles. The standard InChI is InChI=1S/C11H17ClN2S/c1-8(2)10-4-3-5-14(10)7-9-6-13-11(12)15-9/h6,8,10H,3-5,7H2,1-2H3. The average molecular weight is 245 g/mol. The first-order chi connectivity index (χ1) is 7.16. The molecule has 2 nitrogen and oxygen atoms in total. The minimum atomic E-state index is 0.658. The zero-order chi connectivity index (χ0) is 10.8. The van der Waals surface area contributed by atoms with Gasteiger partial charge in [-0.1, -0.05) is 25.4 Å². The summed E-state index contributed by atoms with van der Waals surface area (Å²) < 4.78 is 0.658. The Morgan fingerprint density at radius 3 is 3.07 bits per heavy atom. The second-order valence-electron chi connectivity index (χ2n) is 4.50. The fraction of sp³-hybridized carbons (Fsp3) is 0.727. The SMILES string of the molecule is CC(C)C1CCCN1Cc1cnc(Cl)s1. The van der Waals surface area contributed by atoms with Crippen molar-refractivity contribution in [1.29, 1.82) is 0 Å². The van der Waals surface area contributed by atoms with Gasteiger partial charge in [-0.15, -0.1) is 11.3 Å². The van der Waals surface area contributed by atoms with Crippen molar-refractivity contribution in [3.8, 4) is 0 Å². The second-order valence-corrected chi connectivity index (χ2v) is 6.20. The average Bonchev–Trinajstić information content (AvgIpc) is 2.75. The van der Waals surface area contributed by atoms with E-state index in [2.05, 4.69) is 23.7 Å². The minimum absolute atomic E-state index is 0.658. The van der Waals surface area contributed by atoms with Crippen LogP contribution >= 0.6 is 22.9 Å². The van der Waals surface area contributed by atoms with Gasteiger partial charge in [0.1, 0.15) is 0 Å². The molecule has 0 bridgehead atoms. The first kappa shape index (κ1) is 11.4. The number of rotatable bonds is 3. The molecule has 1 unspecified atom stereocenters. The van der Waals surface area contributed by atoms with E-state index in [1.54, 1.807) is 11.3 Å². The Bertz CT molecular complexity index is 324. The highest BCUT2D eigenvalue weighted by molar-refractivity contribution is 7.15. The number of thiazole rings is 1. The lowest BCUT2D eigenvalue weighted by Gasteiger charge is -2.26. The number of nitrogens with zero attached hydrogens (tertiary/aromatic N) is 2. The molecule has 1 aromatic heterocycles. The first-order valence-electron chi connectivity index (χ1n) is 5.51. The van der Waals surface area contributed by atoms with Crippen molar-refractivity contribution in [3.05, 3.63) is 15.5 Å². The highest BCUT2D eigenvalue weighted by Crippen LogP contribution is 2.27. The van der Waals surface area contributed by atoms with Crippen molar-refractivity contribution in [1.82, 2.24) is 9.88 Å². The highest BCUT2D eigenvalue weighted by Gasteiger charge is 2.27. The van der Waals surface area contributed by atoms with Crippen LogP contribution in [-0.4, -0.2) is 22.5 Å². The molecule has 1 atom stereocenters. The van der Waals surface area contributed by atoms with Gasteiger partial charge in [-0.25, -0.2) is 4.98 Å². The third-order valence-electron chi connectivity index (χ3n) is 3.07. The van der Waals surface area contributed by atoms with E-state index < -0.39 is 0 Å². The molecule has 0 spiro atoms. The van der Waals surface area contributed by atoms with Gasteiger partial charge in [-0.2, -0.15) is 0 Å². The van der Waals surface area contributed by atoms with Crippen LogP contribution in [0.4, 0.5) is 0 Å². The number of likely N-dealkylation sites (tertiary alicyclic amines) is 1. The van der Waals surface area contributed by atoms with Gasteiger partial charge in [0.2, 0.25) is 0 Å². The van der Waals surface area contributed by atoms with Gasteiger partial charge in [0.05, 0.1) is 0 Å². The van der Waals surface area contributed by atoms with E-state index in [0.717, 1.165) is 18.5 Å². The summed E-state index contributed by atoms with van der Waals surface area (Å²) in [7, 11) is 0. The summed E-state index contributed by atoms with van der Waals surface area (Å²) in [5.74, 6) is 0.746. The van der Waals surface area contributed by atoms with Crippen LogP contribution in [0.3, 0.4) is 0 Å². The minimum Gasteiger partial charge on any atom is -0.295 e. The largest absolute Gasteiger partial charge is 0.295 e. The smallest absolute Gasteiger partial charge is 0.183 e. The maximum atomic E-state index is 5.83. The quantitative estimate of drug-likeness (QED) is 0.810. The molecule has 0 N–H and O–H groups in total. The number of hydrogen-bond acceptors (Lipinski definition) is 3. The van der Waals surface area contributed by atoms with Crippen LogP contribution < -0.4 is 0 Å². The Balaban J connectivity index is 1.99. The lowest BCUT2D eigenvalue weighted by atomic mass is 10.0. The van der Waals surface area contributed by atoms with Crippen molar-refractivity contribution in [2.75, 3.05) is 6.54 Å². The topological polar surface area (TPSA) is 16.1 Å². The van der Waals surface area contributed by atoms with Crippen LogP contribution in [0, 0.1) is 5.92 Å². The van der Waals surface area contributed by atoms with Gasteiger partial charge >= 0.3 is 0 Å². The summed E-state index contributed by atoms with van der Waals surface area (Å²) in [5, 5.41) is 0. The maximum absolute atomic E-state index is 5.83. The summed E-state index contributed by atoms with van der Waals surface area (Å²) >= 11 is 7.43. The normalized spacial score (nSPS) is 22.8. The molecule has 4 heteroatoms. The third kappa shape index (κ3) is 2.71. The lowest BCUT2D eigenvalue weighted by Crippen LogP contribution is -2.32. The van der Waals surface area contributed by atoms with Gasteiger partial charge in [-0.3, -0.25) is 4.90 Å². The molecule has 1 aliphatic heterocycles. The molecule has 1 aromatic rings. The molecule has 15 heavy (non-hydrogen) atoms. The van der Waals surface area contributed by atoms with Crippen LogP contribution in [-0.2, 0) is 6.54 Å². The van der Waals surface area contributed by atoms with E-state index in [4.69, 9.17) is 11.6 Å². The summed E-state index contributed by atoms with van der Waals surface area (Å²) in [4.78, 5) is 7.93. The fourth-order valence-electron chi connectivity index (χ4n) is 2.36. The monoisotopic (exact) mass is 244 g/mol. The third-order valence-corrected chi connectivity index (χ3v) is 4.17. The summed E-state index contributed by atoms with van der Waals surface area (Å²) in [6.07, 6.45) is 4.57. The van der Waals surface area contributed by atoms with E-state index in [-0.39, 0.29) is 0 Å². The van der Waals surface area contributed by atoms with E-state index in [1.807, 2.05) is 6.20 Å². The Morgan fingerprint density at radius 2 is 2.47 bits per heavy atom. The second kappa shape index (κ2) is 4.81. The van der Waals surface area contributed by atoms with Gasteiger partial charge in [0.15, 0.2) is 4.47 Å². The van der Waals surface area contributed by atoms with Gasteiger partial charge in [-0.05, 0) is 25.3 Å². The van der Waals surface area contributed by atoms with Gasteiger partial charge in [0, 0.05) is 23.7 Å². The van der Waals surface area contributed by atoms with Crippen molar-refractivity contribution in [2.24, 2.45) is 5.92 Å². The Morgan fingerprint density at radius 1 is 1.67 bits per heavy atom. The molecular formula is C11H17ClN2S. The number of aromatic nitrogens is 1. The van der Waals surface area contributed by atoms with Crippen LogP contribution in [0.25, 0.3) is 0 Å². The summed E-state index contributed by atoms with van der Waals surface area (Å²) in [6, 6.07) is 0.742. The number of hydrogen-bond donors (Lipinski definition) is 0. The van der Waals surface area contributed by atoms with Crippen LogP contribution in [0.1, 0.15) is 31.6 Å². The van der Waals surface area contributed by atoms with Gasteiger partial charge in [0.25, 0.3) is 0 Å². The summed E-state index contributed by atoms with van der Waals surface area (Å²) in [6.45, 7) is 6.86.